The van der Waals surface area contributed by atoms with Crippen molar-refractivity contribution < 1.29 is 21.9 Å². The summed E-state index contributed by atoms with van der Waals surface area (Å²) in [6, 6.07) is 13.2. The highest BCUT2D eigenvalue weighted by Gasteiger charge is 2.16. The van der Waals surface area contributed by atoms with Crippen LogP contribution >= 0.6 is 0 Å². The van der Waals surface area contributed by atoms with Crippen LogP contribution in [0.1, 0.15) is 5.56 Å². The van der Waals surface area contributed by atoms with Crippen molar-refractivity contribution in [2.24, 2.45) is 0 Å². The van der Waals surface area contributed by atoms with E-state index >= 15 is 0 Å². The Balaban J connectivity index is 1.81. The van der Waals surface area contributed by atoms with Gasteiger partial charge in [0, 0.05) is 12.6 Å². The zero-order chi connectivity index (χ0) is 18.0. The molecule has 3 aromatic rings. The van der Waals surface area contributed by atoms with Crippen molar-refractivity contribution in [2.75, 3.05) is 7.11 Å². The maximum atomic E-state index is 13.2. The van der Waals surface area contributed by atoms with Gasteiger partial charge >= 0.3 is 0 Å². The molecule has 0 aromatic heterocycles. The summed E-state index contributed by atoms with van der Waals surface area (Å²) in [6.45, 7) is 0.00242. The quantitative estimate of drug-likeness (QED) is 0.753. The van der Waals surface area contributed by atoms with Gasteiger partial charge in [-0.1, -0.05) is 18.2 Å². The fourth-order valence-corrected chi connectivity index (χ4v) is 3.51. The van der Waals surface area contributed by atoms with E-state index in [-0.39, 0.29) is 6.54 Å². The van der Waals surface area contributed by atoms with Crippen molar-refractivity contribution in [1.29, 1.82) is 0 Å². The summed E-state index contributed by atoms with van der Waals surface area (Å²) in [4.78, 5) is -0.449. The van der Waals surface area contributed by atoms with Crippen LogP contribution in [-0.2, 0) is 16.6 Å². The van der Waals surface area contributed by atoms with Crippen molar-refractivity contribution in [3.8, 4) is 5.75 Å². The summed E-state index contributed by atoms with van der Waals surface area (Å²) < 4.78 is 58.3. The molecule has 0 radical (unpaired) electrons. The summed E-state index contributed by atoms with van der Waals surface area (Å²) in [7, 11) is -2.43. The van der Waals surface area contributed by atoms with Gasteiger partial charge in [-0.25, -0.2) is 21.9 Å². The van der Waals surface area contributed by atoms with E-state index in [2.05, 4.69) is 4.72 Å². The lowest BCUT2D eigenvalue weighted by Gasteiger charge is -2.09. The van der Waals surface area contributed by atoms with Crippen LogP contribution in [-0.4, -0.2) is 15.5 Å². The molecule has 0 spiro atoms. The molecule has 3 aromatic carbocycles. The lowest BCUT2D eigenvalue weighted by Crippen LogP contribution is -2.23. The summed E-state index contributed by atoms with van der Waals surface area (Å²) in [5.41, 5.74) is 0.720. The van der Waals surface area contributed by atoms with Gasteiger partial charge in [0.1, 0.15) is 17.4 Å². The molecule has 0 amide bonds. The smallest absolute Gasteiger partial charge is 0.241 e. The maximum absolute atomic E-state index is 13.2. The first-order valence-corrected chi connectivity index (χ1v) is 8.88. The number of hydrogen-bond acceptors (Lipinski definition) is 3. The van der Waals surface area contributed by atoms with Crippen molar-refractivity contribution >= 4 is 20.8 Å². The number of halogens is 2. The van der Waals surface area contributed by atoms with E-state index in [1.165, 1.54) is 0 Å². The fraction of sp³-hybridized carbons (Fsp3) is 0.111. The van der Waals surface area contributed by atoms with Crippen LogP contribution in [0.5, 0.6) is 5.75 Å². The molecule has 130 valence electrons. The maximum Gasteiger partial charge on any atom is 0.241 e. The van der Waals surface area contributed by atoms with Crippen LogP contribution in [0.25, 0.3) is 10.8 Å². The Hall–Kier alpha value is -2.51. The predicted octanol–water partition coefficient (Wildman–Crippen LogP) is 3.61. The first kappa shape index (κ1) is 17.3. The Labute approximate surface area is 144 Å². The summed E-state index contributed by atoms with van der Waals surface area (Å²) in [5, 5.41) is 1.88. The third-order valence-corrected chi connectivity index (χ3v) is 5.11. The number of hydrogen-bond donors (Lipinski definition) is 1. The highest BCUT2D eigenvalue weighted by Crippen LogP contribution is 2.22. The molecule has 0 fully saturated rings. The fourth-order valence-electron chi connectivity index (χ4n) is 2.46. The monoisotopic (exact) mass is 363 g/mol. The predicted molar refractivity (Wildman–Crippen MR) is 90.9 cm³/mol. The molecule has 0 aliphatic carbocycles. The second-order valence-electron chi connectivity index (χ2n) is 5.48. The van der Waals surface area contributed by atoms with Gasteiger partial charge in [0.2, 0.25) is 10.0 Å². The molecule has 7 heteroatoms. The second-order valence-corrected chi connectivity index (χ2v) is 7.24. The van der Waals surface area contributed by atoms with E-state index in [0.717, 1.165) is 34.2 Å². The van der Waals surface area contributed by atoms with E-state index in [0.29, 0.717) is 6.07 Å². The van der Waals surface area contributed by atoms with E-state index < -0.39 is 26.6 Å². The molecule has 1 N–H and O–H groups in total. The molecular weight excluding hydrogens is 348 g/mol. The molecule has 0 bridgehead atoms. The Morgan fingerprint density at radius 1 is 0.920 bits per heavy atom. The van der Waals surface area contributed by atoms with Gasteiger partial charge in [0.25, 0.3) is 0 Å². The molecule has 3 rings (SSSR count). The van der Waals surface area contributed by atoms with E-state index in [9.17, 15) is 17.2 Å². The minimum absolute atomic E-state index is 0.00242. The Bertz CT molecular complexity index is 1020. The van der Waals surface area contributed by atoms with Crippen LogP contribution in [0.2, 0.25) is 0 Å². The third kappa shape index (κ3) is 3.94. The molecule has 25 heavy (non-hydrogen) atoms. The molecule has 0 aliphatic heterocycles. The average Bonchev–Trinajstić information content (AvgIpc) is 2.58. The minimum atomic E-state index is -4.02. The number of rotatable bonds is 5. The van der Waals surface area contributed by atoms with Crippen LogP contribution in [0.15, 0.2) is 59.5 Å². The molecule has 0 saturated heterocycles. The molecule has 4 nitrogen and oxygen atoms in total. The van der Waals surface area contributed by atoms with Gasteiger partial charge < -0.3 is 4.74 Å². The molecule has 0 saturated carbocycles. The van der Waals surface area contributed by atoms with E-state index in [4.69, 9.17) is 4.74 Å². The normalized spacial score (nSPS) is 11.6. The highest BCUT2D eigenvalue weighted by atomic mass is 32.2. The van der Waals surface area contributed by atoms with Crippen LogP contribution in [0, 0.1) is 11.6 Å². The largest absolute Gasteiger partial charge is 0.497 e. The average molecular weight is 363 g/mol. The number of methoxy groups -OCH3 is 1. The third-order valence-electron chi connectivity index (χ3n) is 3.72. The lowest BCUT2D eigenvalue weighted by molar-refractivity contribution is 0.415. The minimum Gasteiger partial charge on any atom is -0.497 e. The van der Waals surface area contributed by atoms with Crippen molar-refractivity contribution in [2.45, 2.75) is 11.4 Å². The van der Waals surface area contributed by atoms with Gasteiger partial charge in [-0.2, -0.15) is 0 Å². The SMILES string of the molecule is COc1ccc2cc(CNS(=O)(=O)c3cc(F)cc(F)c3)ccc2c1. The van der Waals surface area contributed by atoms with Crippen molar-refractivity contribution in [1.82, 2.24) is 4.72 Å². The van der Waals surface area contributed by atoms with Crippen molar-refractivity contribution in [3.63, 3.8) is 0 Å². The van der Waals surface area contributed by atoms with Crippen LogP contribution < -0.4 is 9.46 Å². The zero-order valence-electron chi connectivity index (χ0n) is 13.3. The van der Waals surface area contributed by atoms with Gasteiger partial charge in [-0.3, -0.25) is 0 Å². The molecule has 0 heterocycles. The summed E-state index contributed by atoms with van der Waals surface area (Å²) in [6.07, 6.45) is 0. The first-order valence-electron chi connectivity index (χ1n) is 7.40. The molecular formula is C18H15F2NO3S. The molecule has 0 unspecified atom stereocenters. The van der Waals surface area contributed by atoms with Gasteiger partial charge in [-0.15, -0.1) is 0 Å². The first-order chi connectivity index (χ1) is 11.9. The summed E-state index contributed by atoms with van der Waals surface area (Å²) in [5.74, 6) is -1.16. The van der Waals surface area contributed by atoms with Gasteiger partial charge in [-0.05, 0) is 46.7 Å². The molecule has 0 aliphatic rings. The van der Waals surface area contributed by atoms with E-state index in [1.54, 1.807) is 13.2 Å². The number of sulfonamides is 1. The van der Waals surface area contributed by atoms with E-state index in [1.807, 2.05) is 30.3 Å². The Morgan fingerprint density at radius 3 is 2.24 bits per heavy atom. The number of nitrogens with one attached hydrogen (secondary N) is 1. The second kappa shape index (κ2) is 6.78. The standard InChI is InChI=1S/C18H15F2NO3S/c1-24-17-5-4-13-6-12(2-3-14(13)7-17)11-21-25(22,23)18-9-15(19)8-16(20)10-18/h2-10,21H,11H2,1H3. The van der Waals surface area contributed by atoms with Crippen LogP contribution in [0.3, 0.4) is 0 Å². The summed E-state index contributed by atoms with van der Waals surface area (Å²) >= 11 is 0. The number of ether oxygens (including phenoxy) is 1. The van der Waals surface area contributed by atoms with Gasteiger partial charge in [0.05, 0.1) is 12.0 Å². The Morgan fingerprint density at radius 2 is 1.56 bits per heavy atom. The highest BCUT2D eigenvalue weighted by molar-refractivity contribution is 7.89. The number of fused-ring (bicyclic) bond motifs is 1. The van der Waals surface area contributed by atoms with Crippen molar-refractivity contribution in [3.05, 3.63) is 71.8 Å². The lowest BCUT2D eigenvalue weighted by atomic mass is 10.1. The topological polar surface area (TPSA) is 55.4 Å². The van der Waals surface area contributed by atoms with Gasteiger partial charge in [0.15, 0.2) is 0 Å². The van der Waals surface area contributed by atoms with Crippen LogP contribution in [0.4, 0.5) is 8.78 Å². The number of benzene rings is 3. The Kier molecular flexibility index (Phi) is 4.69. The zero-order valence-corrected chi connectivity index (χ0v) is 14.1. The molecule has 0 atom stereocenters.